The molecule has 3 rings (SSSR count). The van der Waals surface area contributed by atoms with Gasteiger partial charge in [0.15, 0.2) is 5.88 Å². The lowest BCUT2D eigenvalue weighted by Crippen LogP contribution is -2.21. The maximum atomic E-state index is 12.6. The van der Waals surface area contributed by atoms with E-state index in [0.29, 0.717) is 21.8 Å². The summed E-state index contributed by atoms with van der Waals surface area (Å²) in [6, 6.07) is 18.8. The second-order valence-corrected chi connectivity index (χ2v) is 5.32. The first-order chi connectivity index (χ1) is 11.1. The lowest BCUT2D eigenvalue weighted by molar-refractivity contribution is 0.435. The van der Waals surface area contributed by atoms with E-state index in [9.17, 15) is 15.2 Å². The molecule has 0 fully saturated rings. The lowest BCUT2D eigenvalue weighted by atomic mass is 10.0. The van der Waals surface area contributed by atoms with Crippen LogP contribution in [0, 0.1) is 11.3 Å². The standard InChI is InChI=1S/C18H11ClN2O2/c19-13-8-6-12(7-9-13)15-10-17(22)21(18(23)16(15)11-20)14-4-2-1-3-5-14/h1-10,22H. The Morgan fingerprint density at radius 3 is 2.30 bits per heavy atom. The van der Waals surface area contributed by atoms with Gasteiger partial charge >= 0.3 is 0 Å². The molecule has 0 saturated heterocycles. The van der Waals surface area contributed by atoms with Crippen molar-refractivity contribution >= 4 is 11.6 Å². The monoisotopic (exact) mass is 322 g/mol. The van der Waals surface area contributed by atoms with Gasteiger partial charge in [0.1, 0.15) is 11.6 Å². The Hall–Kier alpha value is -3.03. The molecule has 5 heteroatoms. The van der Waals surface area contributed by atoms with E-state index in [1.165, 1.54) is 6.07 Å². The SMILES string of the molecule is N#Cc1c(-c2ccc(Cl)cc2)cc(O)n(-c2ccccc2)c1=O. The number of aromatic hydroxyl groups is 1. The molecule has 3 aromatic rings. The highest BCUT2D eigenvalue weighted by Crippen LogP contribution is 2.27. The third-order valence-electron chi connectivity index (χ3n) is 3.47. The molecule has 1 heterocycles. The van der Waals surface area contributed by atoms with E-state index in [4.69, 9.17) is 11.6 Å². The second kappa shape index (κ2) is 5.99. The van der Waals surface area contributed by atoms with Gasteiger partial charge in [-0.05, 0) is 29.8 Å². The maximum absolute atomic E-state index is 12.6. The molecule has 4 nitrogen and oxygen atoms in total. The highest BCUT2D eigenvalue weighted by Gasteiger charge is 2.16. The van der Waals surface area contributed by atoms with E-state index in [2.05, 4.69) is 0 Å². The van der Waals surface area contributed by atoms with E-state index >= 15 is 0 Å². The molecule has 0 aliphatic heterocycles. The van der Waals surface area contributed by atoms with Crippen molar-refractivity contribution in [1.82, 2.24) is 4.57 Å². The van der Waals surface area contributed by atoms with Gasteiger partial charge in [-0.25, -0.2) is 4.57 Å². The molecule has 0 amide bonds. The van der Waals surface area contributed by atoms with Crippen molar-refractivity contribution in [1.29, 1.82) is 5.26 Å². The van der Waals surface area contributed by atoms with Crippen LogP contribution in [0.4, 0.5) is 0 Å². The van der Waals surface area contributed by atoms with Crippen molar-refractivity contribution in [2.75, 3.05) is 0 Å². The lowest BCUT2D eigenvalue weighted by Gasteiger charge is -2.12. The molecule has 112 valence electrons. The molecule has 2 aromatic carbocycles. The first-order valence-electron chi connectivity index (χ1n) is 6.82. The number of aromatic nitrogens is 1. The topological polar surface area (TPSA) is 66.0 Å². The molecule has 0 bridgehead atoms. The van der Waals surface area contributed by atoms with Gasteiger partial charge in [0.2, 0.25) is 0 Å². The van der Waals surface area contributed by atoms with Gasteiger partial charge in [-0.2, -0.15) is 5.26 Å². The quantitative estimate of drug-likeness (QED) is 0.781. The Labute approximate surface area is 137 Å². The molecule has 0 spiro atoms. The predicted molar refractivity (Wildman–Crippen MR) is 88.9 cm³/mol. The molecule has 0 aliphatic carbocycles. The smallest absolute Gasteiger partial charge is 0.276 e. The largest absolute Gasteiger partial charge is 0.494 e. The fraction of sp³-hybridized carbons (Fsp3) is 0. The van der Waals surface area contributed by atoms with Crippen molar-refractivity contribution in [3.05, 3.63) is 81.6 Å². The number of hydrogen-bond acceptors (Lipinski definition) is 3. The number of nitrogens with zero attached hydrogens (tertiary/aromatic N) is 2. The van der Waals surface area contributed by atoms with Crippen LogP contribution in [0.3, 0.4) is 0 Å². The summed E-state index contributed by atoms with van der Waals surface area (Å²) in [5, 5.41) is 20.2. The molecule has 0 unspecified atom stereocenters. The van der Waals surface area contributed by atoms with Gasteiger partial charge in [0.25, 0.3) is 5.56 Å². The van der Waals surface area contributed by atoms with E-state index < -0.39 is 5.56 Å². The zero-order valence-corrected chi connectivity index (χ0v) is 12.7. The molecule has 1 N–H and O–H groups in total. The van der Waals surface area contributed by atoms with Crippen LogP contribution in [-0.4, -0.2) is 9.67 Å². The highest BCUT2D eigenvalue weighted by atomic mass is 35.5. The normalized spacial score (nSPS) is 10.3. The van der Waals surface area contributed by atoms with Crippen LogP contribution in [0.5, 0.6) is 5.88 Å². The van der Waals surface area contributed by atoms with Gasteiger partial charge < -0.3 is 5.11 Å². The van der Waals surface area contributed by atoms with Crippen molar-refractivity contribution in [3.8, 4) is 28.8 Å². The summed E-state index contributed by atoms with van der Waals surface area (Å²) in [5.41, 5.74) is 0.907. The molecular formula is C18H11ClN2O2. The number of halogens is 1. The molecular weight excluding hydrogens is 312 g/mol. The zero-order chi connectivity index (χ0) is 16.4. The van der Waals surface area contributed by atoms with Crippen molar-refractivity contribution in [2.24, 2.45) is 0 Å². The Bertz CT molecular complexity index is 955. The van der Waals surface area contributed by atoms with Crippen molar-refractivity contribution in [2.45, 2.75) is 0 Å². The summed E-state index contributed by atoms with van der Waals surface area (Å²) in [6.07, 6.45) is 0. The van der Waals surface area contributed by atoms with Crippen LogP contribution in [0.1, 0.15) is 5.56 Å². The van der Waals surface area contributed by atoms with Crippen molar-refractivity contribution < 1.29 is 5.11 Å². The Balaban J connectivity index is 2.28. The minimum Gasteiger partial charge on any atom is -0.494 e. The Kier molecular flexibility index (Phi) is 3.88. The number of nitriles is 1. The van der Waals surface area contributed by atoms with Crippen LogP contribution in [0.15, 0.2) is 65.5 Å². The zero-order valence-electron chi connectivity index (χ0n) is 11.9. The number of hydrogen-bond donors (Lipinski definition) is 1. The summed E-state index contributed by atoms with van der Waals surface area (Å²) in [4.78, 5) is 12.6. The van der Waals surface area contributed by atoms with Gasteiger partial charge in [0.05, 0.1) is 5.69 Å². The fourth-order valence-corrected chi connectivity index (χ4v) is 2.51. The van der Waals surface area contributed by atoms with Crippen LogP contribution in [0.25, 0.3) is 16.8 Å². The molecule has 0 radical (unpaired) electrons. The minimum absolute atomic E-state index is 0.0334. The maximum Gasteiger partial charge on any atom is 0.276 e. The molecule has 1 aromatic heterocycles. The van der Waals surface area contributed by atoms with E-state index in [1.54, 1.807) is 54.6 Å². The first kappa shape index (κ1) is 14.9. The van der Waals surface area contributed by atoms with Gasteiger partial charge in [-0.15, -0.1) is 0 Å². The summed E-state index contributed by atoms with van der Waals surface area (Å²) in [6.45, 7) is 0. The average molecular weight is 323 g/mol. The molecule has 0 aliphatic rings. The predicted octanol–water partition coefficient (Wildman–Crippen LogP) is 3.74. The number of pyridine rings is 1. The second-order valence-electron chi connectivity index (χ2n) is 4.89. The van der Waals surface area contributed by atoms with Crippen molar-refractivity contribution in [3.63, 3.8) is 0 Å². The number of rotatable bonds is 2. The van der Waals surface area contributed by atoms with Gasteiger partial charge in [-0.1, -0.05) is 41.9 Å². The summed E-state index contributed by atoms with van der Waals surface area (Å²) in [7, 11) is 0. The fourth-order valence-electron chi connectivity index (χ4n) is 2.39. The van der Waals surface area contributed by atoms with Crippen LogP contribution in [-0.2, 0) is 0 Å². The Morgan fingerprint density at radius 2 is 1.70 bits per heavy atom. The summed E-state index contributed by atoms with van der Waals surface area (Å²) >= 11 is 5.86. The van der Waals surface area contributed by atoms with Crippen LogP contribution >= 0.6 is 11.6 Å². The minimum atomic E-state index is -0.566. The van der Waals surface area contributed by atoms with Gasteiger partial charge in [-0.3, -0.25) is 4.79 Å². The third-order valence-corrected chi connectivity index (χ3v) is 3.72. The number of para-hydroxylation sites is 1. The van der Waals surface area contributed by atoms with E-state index in [1.807, 2.05) is 6.07 Å². The molecule has 23 heavy (non-hydrogen) atoms. The molecule has 0 saturated carbocycles. The number of benzene rings is 2. The van der Waals surface area contributed by atoms with E-state index in [0.717, 1.165) is 4.57 Å². The summed E-state index contributed by atoms with van der Waals surface area (Å²) < 4.78 is 1.11. The van der Waals surface area contributed by atoms with E-state index in [-0.39, 0.29) is 11.4 Å². The Morgan fingerprint density at radius 1 is 1.04 bits per heavy atom. The summed E-state index contributed by atoms with van der Waals surface area (Å²) in [5.74, 6) is -0.231. The first-order valence-corrected chi connectivity index (χ1v) is 7.20. The highest BCUT2D eigenvalue weighted by molar-refractivity contribution is 6.30. The van der Waals surface area contributed by atoms with Crippen LogP contribution in [0.2, 0.25) is 5.02 Å². The van der Waals surface area contributed by atoms with Gasteiger partial charge in [0, 0.05) is 16.7 Å². The third kappa shape index (κ3) is 2.70. The average Bonchev–Trinajstić information content (AvgIpc) is 2.56. The molecule has 0 atom stereocenters. The van der Waals surface area contributed by atoms with Crippen LogP contribution < -0.4 is 5.56 Å².